The number of thiazole rings is 1. The molecule has 0 aromatic carbocycles. The fraction of sp³-hybridized carbons (Fsp3) is 0.769. The van der Waals surface area contributed by atoms with E-state index >= 15 is 0 Å². The molecule has 0 radical (unpaired) electrons. The van der Waals surface area contributed by atoms with Gasteiger partial charge in [-0.2, -0.15) is 0 Å². The number of likely N-dealkylation sites (tertiary alicyclic amines) is 1. The first-order valence-electron chi connectivity index (χ1n) is 6.71. The van der Waals surface area contributed by atoms with Gasteiger partial charge >= 0.3 is 0 Å². The lowest BCUT2D eigenvalue weighted by molar-refractivity contribution is 0.128. The van der Waals surface area contributed by atoms with Crippen LogP contribution in [0, 0.1) is 0 Å². The van der Waals surface area contributed by atoms with Gasteiger partial charge in [0.2, 0.25) is 0 Å². The predicted molar refractivity (Wildman–Crippen MR) is 76.9 cm³/mol. The molecule has 1 atom stereocenters. The summed E-state index contributed by atoms with van der Waals surface area (Å²) in [7, 11) is 4.42. The van der Waals surface area contributed by atoms with Crippen molar-refractivity contribution in [3.05, 3.63) is 16.1 Å². The van der Waals surface area contributed by atoms with E-state index in [1.54, 1.807) is 11.3 Å². The zero-order valence-corrected chi connectivity index (χ0v) is 12.2. The fourth-order valence-electron chi connectivity index (χ4n) is 2.54. The number of piperidine rings is 1. The van der Waals surface area contributed by atoms with Crippen LogP contribution in [0.15, 0.2) is 5.38 Å². The molecule has 1 unspecified atom stereocenters. The van der Waals surface area contributed by atoms with E-state index in [1.807, 2.05) is 0 Å². The third kappa shape index (κ3) is 3.75. The third-order valence-corrected chi connectivity index (χ3v) is 4.55. The van der Waals surface area contributed by atoms with Gasteiger partial charge in [-0.3, -0.25) is 4.90 Å². The monoisotopic (exact) mass is 268 g/mol. The van der Waals surface area contributed by atoms with Crippen molar-refractivity contribution >= 4 is 11.3 Å². The Balaban J connectivity index is 1.87. The molecule has 4 nitrogen and oxygen atoms in total. The maximum absolute atomic E-state index is 5.55. The van der Waals surface area contributed by atoms with Crippen molar-refractivity contribution in [2.45, 2.75) is 31.8 Å². The summed E-state index contributed by atoms with van der Waals surface area (Å²) in [5.74, 6) is 0. The third-order valence-electron chi connectivity index (χ3n) is 3.59. The van der Waals surface area contributed by atoms with Crippen molar-refractivity contribution in [2.75, 3.05) is 33.7 Å². The van der Waals surface area contributed by atoms with E-state index in [0.29, 0.717) is 12.6 Å². The topological polar surface area (TPSA) is 45.4 Å². The van der Waals surface area contributed by atoms with Gasteiger partial charge in [-0.15, -0.1) is 11.3 Å². The molecule has 2 heterocycles. The van der Waals surface area contributed by atoms with Gasteiger partial charge in [0.1, 0.15) is 0 Å². The summed E-state index contributed by atoms with van der Waals surface area (Å²) in [4.78, 5) is 9.50. The molecule has 5 heteroatoms. The molecule has 0 spiro atoms. The molecular formula is C13H24N4S. The molecule has 18 heavy (non-hydrogen) atoms. The highest BCUT2D eigenvalue weighted by Crippen LogP contribution is 2.17. The van der Waals surface area contributed by atoms with Gasteiger partial charge in [-0.1, -0.05) is 0 Å². The highest BCUT2D eigenvalue weighted by atomic mass is 32.1. The lowest BCUT2D eigenvalue weighted by Crippen LogP contribution is -2.44. The fourth-order valence-corrected chi connectivity index (χ4v) is 3.35. The van der Waals surface area contributed by atoms with Crippen LogP contribution in [0.3, 0.4) is 0 Å². The molecule has 102 valence electrons. The van der Waals surface area contributed by atoms with E-state index in [2.05, 4.69) is 34.3 Å². The van der Waals surface area contributed by atoms with E-state index in [-0.39, 0.29) is 0 Å². The van der Waals surface area contributed by atoms with Crippen LogP contribution in [0.1, 0.15) is 23.5 Å². The van der Waals surface area contributed by atoms with Gasteiger partial charge < -0.3 is 10.6 Å². The lowest BCUT2D eigenvalue weighted by Gasteiger charge is -2.35. The normalized spacial score (nSPS) is 21.7. The molecule has 1 aliphatic rings. The van der Waals surface area contributed by atoms with Crippen LogP contribution in [-0.4, -0.2) is 54.6 Å². The second-order valence-corrected chi connectivity index (χ2v) is 6.19. The Morgan fingerprint density at radius 3 is 3.17 bits per heavy atom. The maximum Gasteiger partial charge on any atom is 0.0941 e. The highest BCUT2D eigenvalue weighted by Gasteiger charge is 2.21. The van der Waals surface area contributed by atoms with E-state index in [4.69, 9.17) is 5.73 Å². The zero-order valence-electron chi connectivity index (χ0n) is 11.4. The van der Waals surface area contributed by atoms with Gasteiger partial charge in [0.25, 0.3) is 0 Å². The average Bonchev–Trinajstić information content (AvgIpc) is 2.77. The molecule has 2 N–H and O–H groups in total. The molecule has 2 rings (SSSR count). The Kier molecular flexibility index (Phi) is 5.12. The summed E-state index contributed by atoms with van der Waals surface area (Å²) < 4.78 is 0. The molecule has 1 aromatic rings. The number of aromatic nitrogens is 1. The van der Waals surface area contributed by atoms with E-state index in [9.17, 15) is 0 Å². The average molecular weight is 268 g/mol. The molecule has 1 aromatic heterocycles. The van der Waals surface area contributed by atoms with E-state index in [1.165, 1.54) is 36.6 Å². The highest BCUT2D eigenvalue weighted by molar-refractivity contribution is 7.09. The summed E-state index contributed by atoms with van der Waals surface area (Å²) in [6.07, 6.45) is 3.52. The largest absolute Gasteiger partial charge is 0.330 e. The Morgan fingerprint density at radius 2 is 2.44 bits per heavy atom. The minimum absolute atomic E-state index is 0.670. The van der Waals surface area contributed by atoms with Crippen LogP contribution in [0.25, 0.3) is 0 Å². The quantitative estimate of drug-likeness (QED) is 0.871. The summed E-state index contributed by atoms with van der Waals surface area (Å²) in [6, 6.07) is 0.670. The van der Waals surface area contributed by atoms with E-state index < -0.39 is 0 Å². The van der Waals surface area contributed by atoms with Gasteiger partial charge in [0.15, 0.2) is 0 Å². The zero-order chi connectivity index (χ0) is 13.0. The SMILES string of the molecule is CN1CCCC(N(C)Cc2csc(CCN)n2)C1. The van der Waals surface area contributed by atoms with Crippen LogP contribution in [0.2, 0.25) is 0 Å². The second-order valence-electron chi connectivity index (χ2n) is 5.24. The van der Waals surface area contributed by atoms with E-state index in [0.717, 1.165) is 13.0 Å². The minimum atomic E-state index is 0.670. The Morgan fingerprint density at radius 1 is 1.61 bits per heavy atom. The number of hydrogen-bond acceptors (Lipinski definition) is 5. The van der Waals surface area contributed by atoms with Crippen LogP contribution in [-0.2, 0) is 13.0 Å². The summed E-state index contributed by atoms with van der Waals surface area (Å²) in [5.41, 5.74) is 6.75. The minimum Gasteiger partial charge on any atom is -0.330 e. The lowest BCUT2D eigenvalue weighted by atomic mass is 10.1. The molecule has 0 bridgehead atoms. The number of likely N-dealkylation sites (N-methyl/N-ethyl adjacent to an activating group) is 2. The molecule has 1 aliphatic heterocycles. The molecule has 0 aliphatic carbocycles. The smallest absolute Gasteiger partial charge is 0.0941 e. The van der Waals surface area contributed by atoms with Crippen molar-refractivity contribution in [3.63, 3.8) is 0 Å². The number of rotatable bonds is 5. The standard InChI is InChI=1S/C13H24N4S/c1-16-7-3-4-12(9-16)17(2)8-11-10-18-13(15-11)5-6-14/h10,12H,3-9,14H2,1-2H3. The summed E-state index contributed by atoms with van der Waals surface area (Å²) >= 11 is 1.74. The Labute approximate surface area is 114 Å². The first-order chi connectivity index (χ1) is 8.69. The molecule has 0 amide bonds. The van der Waals surface area contributed by atoms with Crippen LogP contribution < -0.4 is 5.73 Å². The van der Waals surface area contributed by atoms with Crippen molar-refractivity contribution in [1.82, 2.24) is 14.8 Å². The number of nitrogens with zero attached hydrogens (tertiary/aromatic N) is 3. The number of hydrogen-bond donors (Lipinski definition) is 1. The second kappa shape index (κ2) is 6.61. The van der Waals surface area contributed by atoms with Gasteiger partial charge in [-0.25, -0.2) is 4.98 Å². The maximum atomic E-state index is 5.55. The van der Waals surface area contributed by atoms with Gasteiger partial charge in [-0.05, 0) is 40.0 Å². The molecule has 0 saturated carbocycles. The molecular weight excluding hydrogens is 244 g/mol. The summed E-state index contributed by atoms with van der Waals surface area (Å²) in [5, 5.41) is 3.34. The van der Waals surface area contributed by atoms with Gasteiger partial charge in [0.05, 0.1) is 10.7 Å². The predicted octanol–water partition coefficient (Wildman–Crippen LogP) is 1.17. The molecule has 1 saturated heterocycles. The van der Waals surface area contributed by atoms with Crippen molar-refractivity contribution in [2.24, 2.45) is 5.73 Å². The first kappa shape index (κ1) is 13.9. The van der Waals surface area contributed by atoms with Crippen LogP contribution in [0.5, 0.6) is 0 Å². The van der Waals surface area contributed by atoms with Crippen molar-refractivity contribution in [1.29, 1.82) is 0 Å². The Hall–Kier alpha value is -0.490. The van der Waals surface area contributed by atoms with Crippen LogP contribution >= 0.6 is 11.3 Å². The van der Waals surface area contributed by atoms with Gasteiger partial charge in [0, 0.05) is 30.9 Å². The Bertz CT molecular complexity index is 366. The van der Waals surface area contributed by atoms with Crippen molar-refractivity contribution in [3.8, 4) is 0 Å². The van der Waals surface area contributed by atoms with Crippen LogP contribution in [0.4, 0.5) is 0 Å². The van der Waals surface area contributed by atoms with Crippen molar-refractivity contribution < 1.29 is 0 Å². The summed E-state index contributed by atoms with van der Waals surface area (Å²) in [6.45, 7) is 4.06. The molecule has 1 fully saturated rings. The first-order valence-corrected chi connectivity index (χ1v) is 7.59. The number of nitrogens with two attached hydrogens (primary N) is 1.